The molecule has 1 heterocycles. The van der Waals surface area contributed by atoms with E-state index in [1.165, 1.54) is 19.3 Å². The molecule has 0 radical (unpaired) electrons. The third-order valence-electron chi connectivity index (χ3n) is 4.07. The zero-order valence-electron chi connectivity index (χ0n) is 12.2. The van der Waals surface area contributed by atoms with Crippen molar-refractivity contribution in [3.05, 3.63) is 34.6 Å². The Hall–Kier alpha value is -1.20. The lowest BCUT2D eigenvalue weighted by Crippen LogP contribution is -2.37. The van der Waals surface area contributed by atoms with Gasteiger partial charge in [0.25, 0.3) is 0 Å². The summed E-state index contributed by atoms with van der Waals surface area (Å²) in [7, 11) is 0. The first-order valence-electron chi connectivity index (χ1n) is 7.61. The van der Waals surface area contributed by atoms with Crippen LogP contribution < -0.4 is 5.32 Å². The Kier molecular flexibility index (Phi) is 4.70. The molecule has 5 heteroatoms. The van der Waals surface area contributed by atoms with Gasteiger partial charge in [-0.15, -0.1) is 0 Å². The van der Waals surface area contributed by atoms with Gasteiger partial charge >= 0.3 is 0 Å². The zero-order chi connectivity index (χ0) is 14.7. The Bertz CT molecular complexity index is 597. The molecule has 0 saturated heterocycles. The van der Waals surface area contributed by atoms with Crippen molar-refractivity contribution in [2.45, 2.75) is 44.6 Å². The lowest BCUT2D eigenvalue weighted by Gasteiger charge is -2.29. The van der Waals surface area contributed by atoms with Crippen LogP contribution in [0.2, 0.25) is 0 Å². The first-order chi connectivity index (χ1) is 10.3. The predicted octanol–water partition coefficient (Wildman–Crippen LogP) is 4.13. The molecule has 0 aliphatic heterocycles. The monoisotopic (exact) mass is 349 g/mol. The highest BCUT2D eigenvalue weighted by atomic mass is 79.9. The van der Waals surface area contributed by atoms with Crippen molar-refractivity contribution in [3.8, 4) is 11.4 Å². The molecule has 0 spiro atoms. The lowest BCUT2D eigenvalue weighted by molar-refractivity contribution is 0.265. The summed E-state index contributed by atoms with van der Waals surface area (Å²) in [6.07, 6.45) is 4.83. The summed E-state index contributed by atoms with van der Waals surface area (Å²) in [6.45, 7) is 3.13. The smallest absolute Gasteiger partial charge is 0.231 e. The topological polar surface area (TPSA) is 51.0 Å². The molecule has 3 rings (SSSR count). The molecular weight excluding hydrogens is 330 g/mol. The van der Waals surface area contributed by atoms with Crippen molar-refractivity contribution in [1.29, 1.82) is 0 Å². The van der Waals surface area contributed by atoms with Crippen LogP contribution in [0.4, 0.5) is 0 Å². The highest BCUT2D eigenvalue weighted by molar-refractivity contribution is 9.10. The lowest BCUT2D eigenvalue weighted by atomic mass is 9.84. The molecule has 21 heavy (non-hydrogen) atoms. The van der Waals surface area contributed by atoms with Crippen molar-refractivity contribution in [3.63, 3.8) is 0 Å². The molecular formula is C16H20BrN3O. The van der Waals surface area contributed by atoms with Gasteiger partial charge < -0.3 is 9.84 Å². The van der Waals surface area contributed by atoms with Crippen LogP contribution in [0.15, 0.2) is 33.3 Å². The molecule has 1 fully saturated rings. The van der Waals surface area contributed by atoms with E-state index in [2.05, 4.69) is 38.3 Å². The van der Waals surface area contributed by atoms with Gasteiger partial charge in [-0.05, 0) is 31.5 Å². The van der Waals surface area contributed by atoms with Crippen LogP contribution in [-0.4, -0.2) is 22.7 Å². The van der Waals surface area contributed by atoms with E-state index in [4.69, 9.17) is 4.52 Å². The number of nitrogens with zero attached hydrogens (tertiary/aromatic N) is 2. The van der Waals surface area contributed by atoms with Gasteiger partial charge in [0.1, 0.15) is 0 Å². The largest absolute Gasteiger partial charge is 0.339 e. The van der Waals surface area contributed by atoms with Gasteiger partial charge in [-0.3, -0.25) is 0 Å². The van der Waals surface area contributed by atoms with Crippen LogP contribution in [0.5, 0.6) is 0 Å². The van der Waals surface area contributed by atoms with Gasteiger partial charge in [0.2, 0.25) is 11.7 Å². The van der Waals surface area contributed by atoms with Crippen molar-refractivity contribution in [2.24, 2.45) is 0 Å². The van der Waals surface area contributed by atoms with Crippen molar-refractivity contribution >= 4 is 15.9 Å². The molecule has 4 nitrogen and oxygen atoms in total. The van der Waals surface area contributed by atoms with Gasteiger partial charge in [0.05, 0.1) is 5.92 Å². The summed E-state index contributed by atoms with van der Waals surface area (Å²) in [5, 5.41) is 7.72. The fourth-order valence-electron chi connectivity index (χ4n) is 3.06. The number of benzene rings is 1. The number of likely N-dealkylation sites (N-methyl/N-ethyl adjacent to an activating group) is 1. The summed E-state index contributed by atoms with van der Waals surface area (Å²) in [5.41, 5.74) is 0.982. The highest BCUT2D eigenvalue weighted by Gasteiger charge is 2.30. The minimum atomic E-state index is 0.340. The SMILES string of the molecule is CCNC1CCCCC1c1nc(-c2cccc(Br)c2)no1. The van der Waals surface area contributed by atoms with E-state index in [0.717, 1.165) is 28.9 Å². The normalized spacial score (nSPS) is 22.4. The summed E-state index contributed by atoms with van der Waals surface area (Å²) >= 11 is 3.48. The Morgan fingerprint density at radius 2 is 2.19 bits per heavy atom. The summed E-state index contributed by atoms with van der Waals surface area (Å²) in [5.74, 6) is 1.79. The fraction of sp³-hybridized carbons (Fsp3) is 0.500. The molecule has 1 saturated carbocycles. The van der Waals surface area contributed by atoms with Crippen LogP contribution >= 0.6 is 15.9 Å². The van der Waals surface area contributed by atoms with Crippen LogP contribution in [0.25, 0.3) is 11.4 Å². The van der Waals surface area contributed by atoms with E-state index in [9.17, 15) is 0 Å². The quantitative estimate of drug-likeness (QED) is 0.901. The molecule has 1 aliphatic rings. The van der Waals surface area contributed by atoms with E-state index in [0.29, 0.717) is 17.8 Å². The van der Waals surface area contributed by atoms with Gasteiger partial charge in [0.15, 0.2) is 0 Å². The van der Waals surface area contributed by atoms with E-state index >= 15 is 0 Å². The summed E-state index contributed by atoms with van der Waals surface area (Å²) in [4.78, 5) is 4.64. The molecule has 0 bridgehead atoms. The zero-order valence-corrected chi connectivity index (χ0v) is 13.8. The second-order valence-corrected chi connectivity index (χ2v) is 6.44. The average molecular weight is 350 g/mol. The Morgan fingerprint density at radius 1 is 1.33 bits per heavy atom. The molecule has 1 N–H and O–H groups in total. The number of rotatable bonds is 4. The van der Waals surface area contributed by atoms with E-state index in [1.54, 1.807) is 0 Å². The van der Waals surface area contributed by atoms with E-state index < -0.39 is 0 Å². The number of hydrogen-bond acceptors (Lipinski definition) is 4. The molecule has 1 aromatic heterocycles. The summed E-state index contributed by atoms with van der Waals surface area (Å²) in [6, 6.07) is 8.45. The third-order valence-corrected chi connectivity index (χ3v) is 4.57. The predicted molar refractivity (Wildman–Crippen MR) is 86.1 cm³/mol. The van der Waals surface area contributed by atoms with Crippen LogP contribution in [0, 0.1) is 0 Å². The molecule has 2 atom stereocenters. The fourth-order valence-corrected chi connectivity index (χ4v) is 3.46. The molecule has 0 amide bonds. The average Bonchev–Trinajstić information content (AvgIpc) is 2.98. The molecule has 2 aromatic rings. The van der Waals surface area contributed by atoms with Crippen molar-refractivity contribution in [2.75, 3.05) is 6.54 Å². The van der Waals surface area contributed by atoms with E-state index in [-0.39, 0.29) is 0 Å². The highest BCUT2D eigenvalue weighted by Crippen LogP contribution is 2.33. The van der Waals surface area contributed by atoms with Crippen LogP contribution in [-0.2, 0) is 0 Å². The first-order valence-corrected chi connectivity index (χ1v) is 8.40. The number of nitrogens with one attached hydrogen (secondary N) is 1. The van der Waals surface area contributed by atoms with Gasteiger partial charge in [-0.2, -0.15) is 4.98 Å². The Morgan fingerprint density at radius 3 is 3.00 bits per heavy atom. The standard InChI is InChI=1S/C16H20BrN3O/c1-2-18-14-9-4-3-8-13(14)16-19-15(20-21-16)11-6-5-7-12(17)10-11/h5-7,10,13-14,18H,2-4,8-9H2,1H3. The summed E-state index contributed by atoms with van der Waals surface area (Å²) < 4.78 is 6.58. The van der Waals surface area contributed by atoms with E-state index in [1.807, 2.05) is 24.3 Å². The first kappa shape index (κ1) is 14.7. The van der Waals surface area contributed by atoms with Crippen LogP contribution in [0.1, 0.15) is 44.4 Å². The minimum Gasteiger partial charge on any atom is -0.339 e. The molecule has 1 aromatic carbocycles. The minimum absolute atomic E-state index is 0.340. The number of aromatic nitrogens is 2. The maximum atomic E-state index is 5.56. The second kappa shape index (κ2) is 6.71. The molecule has 2 unspecified atom stereocenters. The number of hydrogen-bond donors (Lipinski definition) is 1. The maximum absolute atomic E-state index is 5.56. The Labute approximate surface area is 133 Å². The third kappa shape index (κ3) is 3.35. The van der Waals surface area contributed by atoms with Crippen LogP contribution in [0.3, 0.4) is 0 Å². The second-order valence-electron chi connectivity index (χ2n) is 5.52. The Balaban J connectivity index is 1.83. The molecule has 1 aliphatic carbocycles. The maximum Gasteiger partial charge on any atom is 0.231 e. The van der Waals surface area contributed by atoms with Crippen molar-refractivity contribution < 1.29 is 4.52 Å². The van der Waals surface area contributed by atoms with Crippen molar-refractivity contribution in [1.82, 2.24) is 15.5 Å². The van der Waals surface area contributed by atoms with Gasteiger partial charge in [-0.25, -0.2) is 0 Å². The van der Waals surface area contributed by atoms with Gasteiger partial charge in [-0.1, -0.05) is 53.0 Å². The number of halogens is 1. The molecule has 112 valence electrons. The van der Waals surface area contributed by atoms with Gasteiger partial charge in [0, 0.05) is 16.1 Å².